The molecule has 1 aliphatic rings. The third-order valence-corrected chi connectivity index (χ3v) is 5.07. The van der Waals surface area contributed by atoms with Crippen LogP contribution in [0.25, 0.3) is 22.3 Å². The van der Waals surface area contributed by atoms with E-state index in [1.165, 1.54) is 0 Å². The van der Waals surface area contributed by atoms with Crippen LogP contribution in [0.15, 0.2) is 24.3 Å². The number of nitrogens with zero attached hydrogens (tertiary/aromatic N) is 2. The summed E-state index contributed by atoms with van der Waals surface area (Å²) in [5, 5.41) is 2.85. The Morgan fingerprint density at radius 3 is 2.69 bits per heavy atom. The molecule has 152 valence electrons. The SMILES string of the molecule is COc1ccc(-c2cc3nc(C)[nH]c3c(OCC[C@H]3CNC(=O)C3)n2)cc1OC. The second-order valence-electron chi connectivity index (χ2n) is 7.11. The van der Waals surface area contributed by atoms with E-state index in [9.17, 15) is 4.79 Å². The number of aromatic nitrogens is 3. The molecule has 8 heteroatoms. The van der Waals surface area contributed by atoms with E-state index in [2.05, 4.69) is 15.3 Å². The first kappa shape index (κ1) is 19.0. The molecule has 1 aromatic carbocycles. The van der Waals surface area contributed by atoms with E-state index in [4.69, 9.17) is 19.2 Å². The van der Waals surface area contributed by atoms with Gasteiger partial charge in [0.25, 0.3) is 0 Å². The van der Waals surface area contributed by atoms with Crippen molar-refractivity contribution in [2.24, 2.45) is 5.92 Å². The van der Waals surface area contributed by atoms with Gasteiger partial charge in [0.2, 0.25) is 11.8 Å². The highest BCUT2D eigenvalue weighted by atomic mass is 16.5. The molecule has 0 spiro atoms. The zero-order valence-corrected chi connectivity index (χ0v) is 16.7. The lowest BCUT2D eigenvalue weighted by Crippen LogP contribution is -2.14. The Bertz CT molecular complexity index is 1050. The number of pyridine rings is 1. The number of rotatable bonds is 7. The summed E-state index contributed by atoms with van der Waals surface area (Å²) < 4.78 is 16.7. The predicted octanol–water partition coefficient (Wildman–Crippen LogP) is 2.86. The number of fused-ring (bicyclic) bond motifs is 1. The number of amides is 1. The standard InChI is InChI=1S/C21H24N4O4/c1-12-23-16-10-15(14-4-5-17(27-2)18(9-14)28-3)25-21(20(16)24-12)29-7-6-13-8-19(26)22-11-13/h4-5,9-10,13H,6-8,11H2,1-3H3,(H,22,26)(H,23,24)/t13-/m1/s1. The minimum absolute atomic E-state index is 0.107. The van der Waals surface area contributed by atoms with Gasteiger partial charge in [-0.3, -0.25) is 4.79 Å². The number of carbonyl (C=O) groups is 1. The number of methoxy groups -OCH3 is 2. The maximum absolute atomic E-state index is 11.4. The second kappa shape index (κ2) is 7.98. The van der Waals surface area contributed by atoms with Crippen molar-refractivity contribution in [3.05, 3.63) is 30.1 Å². The van der Waals surface area contributed by atoms with Crippen LogP contribution in [-0.4, -0.2) is 48.2 Å². The first-order valence-electron chi connectivity index (χ1n) is 9.56. The van der Waals surface area contributed by atoms with Crippen molar-refractivity contribution in [1.29, 1.82) is 0 Å². The molecule has 3 aromatic rings. The molecule has 1 saturated heterocycles. The second-order valence-corrected chi connectivity index (χ2v) is 7.11. The van der Waals surface area contributed by atoms with Gasteiger partial charge in [-0.1, -0.05) is 0 Å². The van der Waals surface area contributed by atoms with E-state index in [1.807, 2.05) is 31.2 Å². The van der Waals surface area contributed by atoms with Crippen LogP contribution < -0.4 is 19.5 Å². The molecular weight excluding hydrogens is 372 g/mol. The van der Waals surface area contributed by atoms with Crippen molar-refractivity contribution in [2.75, 3.05) is 27.4 Å². The highest BCUT2D eigenvalue weighted by molar-refractivity contribution is 5.84. The molecule has 0 radical (unpaired) electrons. The van der Waals surface area contributed by atoms with Gasteiger partial charge in [0.05, 0.1) is 32.0 Å². The van der Waals surface area contributed by atoms with Gasteiger partial charge in [0, 0.05) is 18.5 Å². The molecule has 1 aliphatic heterocycles. The van der Waals surface area contributed by atoms with Gasteiger partial charge in [-0.15, -0.1) is 0 Å². The van der Waals surface area contributed by atoms with Crippen molar-refractivity contribution in [3.63, 3.8) is 0 Å². The van der Waals surface area contributed by atoms with E-state index in [0.29, 0.717) is 42.9 Å². The van der Waals surface area contributed by atoms with Crippen molar-refractivity contribution < 1.29 is 19.0 Å². The van der Waals surface area contributed by atoms with Gasteiger partial charge in [0.1, 0.15) is 11.3 Å². The Morgan fingerprint density at radius 2 is 1.97 bits per heavy atom. The number of benzene rings is 1. The van der Waals surface area contributed by atoms with Crippen molar-refractivity contribution in [1.82, 2.24) is 20.3 Å². The van der Waals surface area contributed by atoms with Crippen molar-refractivity contribution in [2.45, 2.75) is 19.8 Å². The van der Waals surface area contributed by atoms with Gasteiger partial charge in [-0.25, -0.2) is 9.97 Å². The van der Waals surface area contributed by atoms with Gasteiger partial charge in [0.15, 0.2) is 11.5 Å². The molecule has 4 rings (SSSR count). The fourth-order valence-electron chi connectivity index (χ4n) is 3.54. The van der Waals surface area contributed by atoms with Crippen LogP contribution in [0.1, 0.15) is 18.7 Å². The fourth-order valence-corrected chi connectivity index (χ4v) is 3.54. The number of carbonyl (C=O) groups excluding carboxylic acids is 1. The largest absolute Gasteiger partial charge is 0.493 e. The minimum Gasteiger partial charge on any atom is -0.493 e. The normalized spacial score (nSPS) is 16.1. The number of ether oxygens (including phenoxy) is 3. The number of nitrogens with one attached hydrogen (secondary N) is 2. The van der Waals surface area contributed by atoms with Crippen LogP contribution in [0.4, 0.5) is 0 Å². The fraction of sp³-hybridized carbons (Fsp3) is 0.381. The first-order chi connectivity index (χ1) is 14.1. The molecular formula is C21H24N4O4. The van der Waals surface area contributed by atoms with Crippen LogP contribution in [0.5, 0.6) is 17.4 Å². The van der Waals surface area contributed by atoms with E-state index < -0.39 is 0 Å². The van der Waals surface area contributed by atoms with E-state index >= 15 is 0 Å². The third kappa shape index (κ3) is 3.96. The lowest BCUT2D eigenvalue weighted by molar-refractivity contribution is -0.119. The van der Waals surface area contributed by atoms with Crippen LogP contribution in [0, 0.1) is 12.8 Å². The number of hydrogen-bond donors (Lipinski definition) is 2. The quantitative estimate of drug-likeness (QED) is 0.637. The summed E-state index contributed by atoms with van der Waals surface area (Å²) >= 11 is 0. The third-order valence-electron chi connectivity index (χ3n) is 5.07. The van der Waals surface area contributed by atoms with Gasteiger partial charge >= 0.3 is 0 Å². The van der Waals surface area contributed by atoms with Crippen LogP contribution in [0.2, 0.25) is 0 Å². The van der Waals surface area contributed by atoms with Crippen molar-refractivity contribution in [3.8, 4) is 28.6 Å². The summed E-state index contributed by atoms with van der Waals surface area (Å²) in [6, 6.07) is 7.58. The smallest absolute Gasteiger partial charge is 0.240 e. The molecule has 0 aliphatic carbocycles. The molecule has 1 atom stereocenters. The van der Waals surface area contributed by atoms with E-state index in [0.717, 1.165) is 34.5 Å². The summed E-state index contributed by atoms with van der Waals surface area (Å²) in [5.74, 6) is 2.99. The Kier molecular flexibility index (Phi) is 5.24. The summed E-state index contributed by atoms with van der Waals surface area (Å²) in [7, 11) is 3.21. The molecule has 8 nitrogen and oxygen atoms in total. The van der Waals surface area contributed by atoms with Crippen LogP contribution >= 0.6 is 0 Å². The summed E-state index contributed by atoms with van der Waals surface area (Å²) in [5.41, 5.74) is 3.17. The van der Waals surface area contributed by atoms with Crippen molar-refractivity contribution >= 4 is 16.9 Å². The summed E-state index contributed by atoms with van der Waals surface area (Å²) in [6.07, 6.45) is 1.34. The first-order valence-corrected chi connectivity index (χ1v) is 9.56. The molecule has 1 fully saturated rings. The lowest BCUT2D eigenvalue weighted by Gasteiger charge is -2.12. The van der Waals surface area contributed by atoms with Gasteiger partial charge in [-0.05, 0) is 43.5 Å². The lowest BCUT2D eigenvalue weighted by atomic mass is 10.1. The molecule has 1 amide bonds. The number of aromatic amines is 1. The number of H-pyrrole nitrogens is 1. The average molecular weight is 396 g/mol. The Morgan fingerprint density at radius 1 is 1.14 bits per heavy atom. The predicted molar refractivity (Wildman–Crippen MR) is 108 cm³/mol. The Hall–Kier alpha value is -3.29. The number of imidazole rings is 1. The highest BCUT2D eigenvalue weighted by Gasteiger charge is 2.21. The zero-order chi connectivity index (χ0) is 20.4. The van der Waals surface area contributed by atoms with Crippen LogP contribution in [-0.2, 0) is 4.79 Å². The molecule has 0 bridgehead atoms. The van der Waals surface area contributed by atoms with Gasteiger partial charge in [-0.2, -0.15) is 0 Å². The highest BCUT2D eigenvalue weighted by Crippen LogP contribution is 2.34. The minimum atomic E-state index is 0.107. The number of hydrogen-bond acceptors (Lipinski definition) is 6. The molecule has 0 saturated carbocycles. The maximum atomic E-state index is 11.4. The summed E-state index contributed by atoms with van der Waals surface area (Å²) in [4.78, 5) is 23.9. The summed E-state index contributed by atoms with van der Waals surface area (Å²) in [6.45, 7) is 3.09. The number of aryl methyl sites for hydroxylation is 1. The Labute approximate surface area is 168 Å². The molecule has 3 heterocycles. The van der Waals surface area contributed by atoms with E-state index in [-0.39, 0.29) is 5.91 Å². The molecule has 2 aromatic heterocycles. The van der Waals surface area contributed by atoms with E-state index in [1.54, 1.807) is 14.2 Å². The zero-order valence-electron chi connectivity index (χ0n) is 16.7. The topological polar surface area (TPSA) is 98.4 Å². The molecule has 2 N–H and O–H groups in total. The Balaban J connectivity index is 1.62. The maximum Gasteiger partial charge on any atom is 0.240 e. The average Bonchev–Trinajstić information content (AvgIpc) is 3.31. The van der Waals surface area contributed by atoms with Crippen LogP contribution in [0.3, 0.4) is 0 Å². The molecule has 29 heavy (non-hydrogen) atoms. The monoisotopic (exact) mass is 396 g/mol. The molecule has 0 unspecified atom stereocenters. The van der Waals surface area contributed by atoms with Gasteiger partial charge < -0.3 is 24.5 Å².